The number of furan rings is 1. The summed E-state index contributed by atoms with van der Waals surface area (Å²) < 4.78 is 6.55. The molecular weight excluding hydrogens is 240 g/mol. The second-order valence-electron chi connectivity index (χ2n) is 4.25. The minimum atomic E-state index is -0.776. The van der Waals surface area contributed by atoms with Crippen LogP contribution in [0.2, 0.25) is 0 Å². The number of aliphatic hydroxyl groups is 1. The van der Waals surface area contributed by atoms with Gasteiger partial charge in [-0.05, 0) is 26.0 Å². The summed E-state index contributed by atoms with van der Waals surface area (Å²) in [6.07, 6.45) is 1.55. The van der Waals surface area contributed by atoms with E-state index in [0.717, 1.165) is 0 Å². The fraction of sp³-hybridized carbons (Fsp3) is 0.400. The molecule has 0 unspecified atom stereocenters. The van der Waals surface area contributed by atoms with Crippen molar-refractivity contribution in [1.82, 2.24) is 14.9 Å². The highest BCUT2D eigenvalue weighted by Gasteiger charge is 2.18. The van der Waals surface area contributed by atoms with Crippen molar-refractivity contribution in [2.45, 2.75) is 24.6 Å². The van der Waals surface area contributed by atoms with Crippen molar-refractivity contribution in [2.75, 3.05) is 11.6 Å². The predicted molar refractivity (Wildman–Crippen MR) is 64.9 cm³/mol. The van der Waals surface area contributed by atoms with Gasteiger partial charge in [-0.25, -0.2) is 4.68 Å². The van der Waals surface area contributed by atoms with Crippen molar-refractivity contribution in [3.05, 3.63) is 18.4 Å². The number of hydrogen-bond acceptors (Lipinski definition) is 6. The van der Waals surface area contributed by atoms with E-state index in [-0.39, 0.29) is 0 Å². The first-order valence-electron chi connectivity index (χ1n) is 5.07. The van der Waals surface area contributed by atoms with Crippen LogP contribution in [0.4, 0.5) is 0 Å². The van der Waals surface area contributed by atoms with Crippen LogP contribution in [0.5, 0.6) is 0 Å². The van der Waals surface area contributed by atoms with Gasteiger partial charge in [0.25, 0.3) is 0 Å². The summed E-state index contributed by atoms with van der Waals surface area (Å²) in [4.78, 5) is 0. The summed E-state index contributed by atoms with van der Waals surface area (Å²) in [5.41, 5.74) is -0.776. The first-order chi connectivity index (χ1) is 7.97. The maximum absolute atomic E-state index is 9.62. The molecule has 3 N–H and O–H groups in total. The Bertz CT molecular complexity index is 487. The average molecular weight is 254 g/mol. The number of hydrogen-bond donors (Lipinski definition) is 2. The Morgan fingerprint density at radius 2 is 2.29 bits per heavy atom. The van der Waals surface area contributed by atoms with Crippen molar-refractivity contribution in [1.29, 1.82) is 0 Å². The van der Waals surface area contributed by atoms with Gasteiger partial charge in [0.1, 0.15) is 0 Å². The molecule has 0 aliphatic heterocycles. The Morgan fingerprint density at radius 3 is 2.88 bits per heavy atom. The topological polar surface area (TPSA) is 90.1 Å². The maximum Gasteiger partial charge on any atom is 0.218 e. The molecule has 7 heteroatoms. The lowest BCUT2D eigenvalue weighted by Crippen LogP contribution is -2.22. The first-order valence-corrected chi connectivity index (χ1v) is 6.05. The van der Waals surface area contributed by atoms with Crippen LogP contribution in [0.15, 0.2) is 28.0 Å². The van der Waals surface area contributed by atoms with Gasteiger partial charge in [-0.3, -0.25) is 0 Å². The number of aromatic nitrogens is 3. The quantitative estimate of drug-likeness (QED) is 0.627. The van der Waals surface area contributed by atoms with Crippen LogP contribution in [0, 0.1) is 0 Å². The van der Waals surface area contributed by atoms with E-state index in [1.807, 2.05) is 0 Å². The lowest BCUT2D eigenvalue weighted by molar-refractivity contribution is 0.107. The molecule has 0 amide bonds. The Labute approximate surface area is 103 Å². The fourth-order valence-electron chi connectivity index (χ4n) is 1.19. The van der Waals surface area contributed by atoms with E-state index in [2.05, 4.69) is 10.2 Å². The van der Waals surface area contributed by atoms with Gasteiger partial charge >= 0.3 is 0 Å². The Kier molecular flexibility index (Phi) is 3.12. The van der Waals surface area contributed by atoms with Crippen molar-refractivity contribution in [3.8, 4) is 11.6 Å². The normalized spacial score (nSPS) is 11.9. The largest absolute Gasteiger partial charge is 0.461 e. The standard InChI is InChI=1S/C10H14N4O2S/c1-10(2,15)6-17-9-13-12-8(14(9)11)7-4-3-5-16-7/h3-5,15H,6,11H2,1-2H3. The molecule has 0 saturated carbocycles. The molecule has 0 atom stereocenters. The molecule has 17 heavy (non-hydrogen) atoms. The van der Waals surface area contributed by atoms with Crippen LogP contribution in [0.1, 0.15) is 13.8 Å². The molecule has 2 aromatic heterocycles. The highest BCUT2D eigenvalue weighted by atomic mass is 32.2. The highest BCUT2D eigenvalue weighted by Crippen LogP contribution is 2.24. The van der Waals surface area contributed by atoms with Crippen molar-refractivity contribution in [2.24, 2.45) is 0 Å². The molecule has 0 bridgehead atoms. The average Bonchev–Trinajstić information content (AvgIpc) is 2.83. The summed E-state index contributed by atoms with van der Waals surface area (Å²) in [5, 5.41) is 18.1. The molecule has 0 aromatic carbocycles. The third-order valence-electron chi connectivity index (χ3n) is 1.96. The summed E-state index contributed by atoms with van der Waals surface area (Å²) in [5.74, 6) is 7.37. The van der Waals surface area contributed by atoms with E-state index < -0.39 is 5.60 Å². The molecule has 2 aromatic rings. The lowest BCUT2D eigenvalue weighted by Gasteiger charge is -2.15. The third-order valence-corrected chi connectivity index (χ3v) is 3.35. The smallest absolute Gasteiger partial charge is 0.218 e. The van der Waals surface area contributed by atoms with Crippen LogP contribution in [-0.4, -0.2) is 31.3 Å². The number of nitrogens with zero attached hydrogens (tertiary/aromatic N) is 3. The number of thioether (sulfide) groups is 1. The molecule has 0 fully saturated rings. The molecular formula is C10H14N4O2S. The van der Waals surface area contributed by atoms with Crippen LogP contribution >= 0.6 is 11.8 Å². The number of nitrogens with two attached hydrogens (primary N) is 1. The molecule has 0 aliphatic carbocycles. The zero-order valence-corrected chi connectivity index (χ0v) is 10.4. The molecule has 0 saturated heterocycles. The summed E-state index contributed by atoms with van der Waals surface area (Å²) in [6.45, 7) is 3.45. The summed E-state index contributed by atoms with van der Waals surface area (Å²) in [6, 6.07) is 3.52. The maximum atomic E-state index is 9.62. The minimum Gasteiger partial charge on any atom is -0.461 e. The van der Waals surface area contributed by atoms with Crippen molar-refractivity contribution < 1.29 is 9.52 Å². The van der Waals surface area contributed by atoms with Crippen LogP contribution in [0.25, 0.3) is 11.6 Å². The molecule has 6 nitrogen and oxygen atoms in total. The van der Waals surface area contributed by atoms with E-state index in [0.29, 0.717) is 22.5 Å². The Morgan fingerprint density at radius 1 is 1.53 bits per heavy atom. The molecule has 2 rings (SSSR count). The van der Waals surface area contributed by atoms with Crippen LogP contribution < -0.4 is 5.84 Å². The molecule has 92 valence electrons. The molecule has 2 heterocycles. The summed E-state index contributed by atoms with van der Waals surface area (Å²) >= 11 is 1.34. The van der Waals surface area contributed by atoms with Crippen LogP contribution in [0.3, 0.4) is 0 Å². The molecule has 0 aliphatic rings. The Balaban J connectivity index is 2.16. The first kappa shape index (κ1) is 12.0. The van der Waals surface area contributed by atoms with E-state index >= 15 is 0 Å². The van der Waals surface area contributed by atoms with Gasteiger partial charge in [0, 0.05) is 5.75 Å². The third kappa shape index (κ3) is 2.80. The van der Waals surface area contributed by atoms with E-state index in [1.165, 1.54) is 16.4 Å². The summed E-state index contributed by atoms with van der Waals surface area (Å²) in [7, 11) is 0. The van der Waals surface area contributed by atoms with E-state index in [9.17, 15) is 5.11 Å². The highest BCUT2D eigenvalue weighted by molar-refractivity contribution is 7.99. The Hall–Kier alpha value is -1.47. The molecule has 0 radical (unpaired) electrons. The SMILES string of the molecule is CC(C)(O)CSc1nnc(-c2ccco2)n1N. The zero-order chi connectivity index (χ0) is 12.5. The minimum absolute atomic E-state index is 0.466. The van der Waals surface area contributed by atoms with Gasteiger partial charge in [-0.2, -0.15) is 0 Å². The number of nitrogen functional groups attached to an aromatic ring is 1. The van der Waals surface area contributed by atoms with E-state index in [1.54, 1.807) is 32.2 Å². The van der Waals surface area contributed by atoms with Crippen LogP contribution in [-0.2, 0) is 0 Å². The van der Waals surface area contributed by atoms with Gasteiger partial charge in [-0.1, -0.05) is 11.8 Å². The fourth-order valence-corrected chi connectivity index (χ4v) is 2.00. The predicted octanol–water partition coefficient (Wildman–Crippen LogP) is 1.11. The number of rotatable bonds is 4. The monoisotopic (exact) mass is 254 g/mol. The van der Waals surface area contributed by atoms with Gasteiger partial charge in [0.15, 0.2) is 5.76 Å². The molecule has 0 spiro atoms. The zero-order valence-electron chi connectivity index (χ0n) is 9.62. The van der Waals surface area contributed by atoms with Gasteiger partial charge in [0.05, 0.1) is 11.9 Å². The van der Waals surface area contributed by atoms with Gasteiger partial charge in [0.2, 0.25) is 11.0 Å². The van der Waals surface area contributed by atoms with Gasteiger partial charge in [-0.15, -0.1) is 10.2 Å². The second kappa shape index (κ2) is 4.42. The van der Waals surface area contributed by atoms with Gasteiger partial charge < -0.3 is 15.4 Å². The lowest BCUT2D eigenvalue weighted by atomic mass is 10.2. The van der Waals surface area contributed by atoms with Crippen molar-refractivity contribution >= 4 is 11.8 Å². The van der Waals surface area contributed by atoms with E-state index in [4.69, 9.17) is 10.3 Å². The van der Waals surface area contributed by atoms with Crippen molar-refractivity contribution in [3.63, 3.8) is 0 Å². The second-order valence-corrected chi connectivity index (χ2v) is 5.20.